The van der Waals surface area contributed by atoms with Gasteiger partial charge < -0.3 is 15.0 Å². The Hall–Kier alpha value is -2.94. The van der Waals surface area contributed by atoms with Crippen LogP contribution in [0.1, 0.15) is 44.2 Å². The van der Waals surface area contributed by atoms with Gasteiger partial charge in [0.05, 0.1) is 17.5 Å². The van der Waals surface area contributed by atoms with Gasteiger partial charge in [-0.05, 0) is 67.6 Å². The van der Waals surface area contributed by atoms with Crippen molar-refractivity contribution < 1.29 is 18.3 Å². The van der Waals surface area contributed by atoms with Gasteiger partial charge >= 0.3 is 0 Å². The highest BCUT2D eigenvalue weighted by Crippen LogP contribution is 2.37. The van der Waals surface area contributed by atoms with E-state index in [-0.39, 0.29) is 23.5 Å². The van der Waals surface area contributed by atoms with Crippen LogP contribution in [0.3, 0.4) is 0 Å². The van der Waals surface area contributed by atoms with E-state index in [0.717, 1.165) is 11.3 Å². The van der Waals surface area contributed by atoms with Gasteiger partial charge in [-0.1, -0.05) is 37.3 Å². The molecule has 0 bridgehead atoms. The number of hydrogen-bond acceptors (Lipinski definition) is 4. The summed E-state index contributed by atoms with van der Waals surface area (Å²) in [5, 5.41) is 12.7. The van der Waals surface area contributed by atoms with Gasteiger partial charge in [0.1, 0.15) is 0 Å². The van der Waals surface area contributed by atoms with E-state index in [2.05, 4.69) is 10.0 Å². The molecule has 0 saturated heterocycles. The average molecular weight is 482 g/mol. The molecular formula is C26H31N3O4S. The molecule has 1 saturated carbocycles. The molecule has 3 N–H and O–H groups in total. The van der Waals surface area contributed by atoms with Crippen molar-refractivity contribution in [3.8, 4) is 5.69 Å². The molecule has 34 heavy (non-hydrogen) atoms. The molecule has 1 aromatic heterocycles. The summed E-state index contributed by atoms with van der Waals surface area (Å²) < 4.78 is 30.5. The fraction of sp³-hybridized carbons (Fsp3) is 0.346. The zero-order valence-corrected chi connectivity index (χ0v) is 20.0. The minimum Gasteiger partial charge on any atom is -0.394 e. The summed E-state index contributed by atoms with van der Waals surface area (Å²) >= 11 is 0. The first-order chi connectivity index (χ1) is 16.3. The first kappa shape index (κ1) is 24.2. The highest BCUT2D eigenvalue weighted by molar-refractivity contribution is 7.89. The van der Waals surface area contributed by atoms with Crippen molar-refractivity contribution in [3.63, 3.8) is 0 Å². The van der Waals surface area contributed by atoms with Gasteiger partial charge in [0.2, 0.25) is 15.9 Å². The number of nitrogens with zero attached hydrogens (tertiary/aromatic N) is 1. The van der Waals surface area contributed by atoms with E-state index in [1.165, 1.54) is 0 Å². The van der Waals surface area contributed by atoms with Crippen LogP contribution in [0.5, 0.6) is 0 Å². The van der Waals surface area contributed by atoms with Crippen LogP contribution < -0.4 is 10.0 Å². The van der Waals surface area contributed by atoms with Crippen molar-refractivity contribution in [1.29, 1.82) is 0 Å². The number of sulfonamides is 1. The van der Waals surface area contributed by atoms with Crippen molar-refractivity contribution >= 4 is 15.9 Å². The number of amides is 1. The third kappa shape index (κ3) is 5.41. The van der Waals surface area contributed by atoms with Crippen LogP contribution in [0, 0.1) is 5.41 Å². The molecule has 1 aliphatic rings. The van der Waals surface area contributed by atoms with Crippen LogP contribution in [0.4, 0.5) is 0 Å². The fourth-order valence-electron chi connectivity index (χ4n) is 4.44. The second-order valence-electron chi connectivity index (χ2n) is 9.16. The Morgan fingerprint density at radius 2 is 1.65 bits per heavy atom. The summed E-state index contributed by atoms with van der Waals surface area (Å²) in [7, 11) is -3.65. The number of aliphatic hydroxyl groups is 1. The zero-order chi connectivity index (χ0) is 24.2. The summed E-state index contributed by atoms with van der Waals surface area (Å²) in [6.07, 6.45) is 6.07. The Bertz CT molecular complexity index is 1180. The molecule has 4 rings (SSSR count). The van der Waals surface area contributed by atoms with Gasteiger partial charge in [0.15, 0.2) is 0 Å². The predicted molar refractivity (Wildman–Crippen MR) is 131 cm³/mol. The predicted octanol–water partition coefficient (Wildman–Crippen LogP) is 3.55. The highest BCUT2D eigenvalue weighted by atomic mass is 32.2. The number of carbonyl (C=O) groups is 1. The van der Waals surface area contributed by atoms with Gasteiger partial charge in [0, 0.05) is 29.5 Å². The number of nitrogens with one attached hydrogen (secondary N) is 2. The number of benzene rings is 2. The molecule has 3 aromatic rings. The summed E-state index contributed by atoms with van der Waals surface area (Å²) in [6, 6.07) is 19.3. The Morgan fingerprint density at radius 1 is 1.03 bits per heavy atom. The minimum atomic E-state index is -3.65. The molecule has 1 heterocycles. The SMILES string of the molecule is C[C@]1(C(=O)N[C@H](CO)c2ccccc2)CC[C@H](NS(=O)(=O)c2ccc(-n3cccc3)cc2)CC1. The number of aliphatic hydroxyl groups excluding tert-OH is 1. The van der Waals surface area contributed by atoms with E-state index in [1.54, 1.807) is 24.3 Å². The standard InChI is InChI=1S/C26H31N3O4S/c1-26(25(31)27-24(19-30)20-7-3-2-4-8-20)15-13-21(14-16-26)28-34(32,33)23-11-9-22(10-12-23)29-17-5-6-18-29/h2-12,17-18,21,24,28,30H,13-16,19H2,1H3,(H,27,31)/t21-,24-,26-/m1/s1. The van der Waals surface area contributed by atoms with E-state index < -0.39 is 21.5 Å². The smallest absolute Gasteiger partial charge is 0.240 e. The molecule has 1 atom stereocenters. The third-order valence-electron chi connectivity index (χ3n) is 6.70. The molecule has 1 amide bonds. The lowest BCUT2D eigenvalue weighted by atomic mass is 9.73. The summed E-state index contributed by atoms with van der Waals surface area (Å²) in [6.45, 7) is 1.73. The molecule has 0 unspecified atom stereocenters. The second-order valence-corrected chi connectivity index (χ2v) is 10.9. The highest BCUT2D eigenvalue weighted by Gasteiger charge is 2.39. The van der Waals surface area contributed by atoms with Gasteiger partial charge in [0.25, 0.3) is 0 Å². The first-order valence-electron chi connectivity index (χ1n) is 11.5. The van der Waals surface area contributed by atoms with Gasteiger partial charge in [-0.15, -0.1) is 0 Å². The molecule has 1 aliphatic carbocycles. The summed E-state index contributed by atoms with van der Waals surface area (Å²) in [5.74, 6) is -0.114. The molecule has 7 nitrogen and oxygen atoms in total. The maximum atomic E-state index is 13.0. The van der Waals surface area contributed by atoms with Crippen LogP contribution in [-0.2, 0) is 14.8 Å². The average Bonchev–Trinajstić information content (AvgIpc) is 3.39. The van der Waals surface area contributed by atoms with Crippen LogP contribution >= 0.6 is 0 Å². The molecule has 0 aliphatic heterocycles. The number of hydrogen-bond donors (Lipinski definition) is 3. The number of rotatable bonds is 8. The monoisotopic (exact) mass is 481 g/mol. The lowest BCUT2D eigenvalue weighted by Gasteiger charge is -2.37. The molecule has 180 valence electrons. The third-order valence-corrected chi connectivity index (χ3v) is 8.24. The summed E-state index contributed by atoms with van der Waals surface area (Å²) in [4.78, 5) is 13.3. The van der Waals surface area contributed by atoms with E-state index >= 15 is 0 Å². The number of aromatic nitrogens is 1. The minimum absolute atomic E-state index is 0.114. The van der Waals surface area contributed by atoms with Crippen molar-refractivity contribution in [2.24, 2.45) is 5.41 Å². The molecular weight excluding hydrogens is 450 g/mol. The molecule has 0 radical (unpaired) electrons. The second kappa shape index (κ2) is 10.1. The lowest BCUT2D eigenvalue weighted by molar-refractivity contribution is -0.133. The molecule has 2 aromatic carbocycles. The van der Waals surface area contributed by atoms with E-state index in [1.807, 2.05) is 66.3 Å². The van der Waals surface area contributed by atoms with Crippen molar-refractivity contribution in [2.75, 3.05) is 6.61 Å². The van der Waals surface area contributed by atoms with Gasteiger partial charge in [-0.3, -0.25) is 4.79 Å². The Labute approximate surface area is 200 Å². The largest absolute Gasteiger partial charge is 0.394 e. The van der Waals surface area contributed by atoms with Crippen molar-refractivity contribution in [1.82, 2.24) is 14.6 Å². The van der Waals surface area contributed by atoms with E-state index in [4.69, 9.17) is 0 Å². The van der Waals surface area contributed by atoms with Crippen LogP contribution in [0.25, 0.3) is 5.69 Å². The van der Waals surface area contributed by atoms with E-state index in [0.29, 0.717) is 25.7 Å². The Balaban J connectivity index is 1.35. The molecule has 0 spiro atoms. The van der Waals surface area contributed by atoms with Crippen molar-refractivity contribution in [2.45, 2.75) is 49.6 Å². The van der Waals surface area contributed by atoms with Crippen LogP contribution in [-0.4, -0.2) is 36.6 Å². The van der Waals surface area contributed by atoms with Crippen LogP contribution in [0.15, 0.2) is 84.0 Å². The fourth-order valence-corrected chi connectivity index (χ4v) is 5.75. The maximum Gasteiger partial charge on any atom is 0.240 e. The van der Waals surface area contributed by atoms with Gasteiger partial charge in [-0.2, -0.15) is 0 Å². The topological polar surface area (TPSA) is 100 Å². The molecule has 1 fully saturated rings. The number of carbonyl (C=O) groups excluding carboxylic acids is 1. The summed E-state index contributed by atoms with van der Waals surface area (Å²) in [5.41, 5.74) is 1.13. The maximum absolute atomic E-state index is 13.0. The molecule has 8 heteroatoms. The van der Waals surface area contributed by atoms with Crippen LogP contribution in [0.2, 0.25) is 0 Å². The van der Waals surface area contributed by atoms with E-state index in [9.17, 15) is 18.3 Å². The zero-order valence-electron chi connectivity index (χ0n) is 19.2. The normalized spacial score (nSPS) is 21.6. The Morgan fingerprint density at radius 3 is 2.24 bits per heavy atom. The Kier molecular flexibility index (Phi) is 7.21. The van der Waals surface area contributed by atoms with Gasteiger partial charge in [-0.25, -0.2) is 13.1 Å². The lowest BCUT2D eigenvalue weighted by Crippen LogP contribution is -2.47. The quantitative estimate of drug-likeness (QED) is 0.458. The van der Waals surface area contributed by atoms with Crippen molar-refractivity contribution in [3.05, 3.63) is 84.7 Å². The first-order valence-corrected chi connectivity index (χ1v) is 13.0.